The minimum Gasteiger partial charge on any atom is -0.488 e. The number of hydrogen-bond donors (Lipinski definition) is 2. The van der Waals surface area contributed by atoms with Crippen LogP contribution in [-0.4, -0.2) is 41.3 Å². The van der Waals surface area contributed by atoms with Crippen molar-refractivity contribution in [1.82, 2.24) is 10.2 Å². The van der Waals surface area contributed by atoms with Gasteiger partial charge in [0.1, 0.15) is 11.4 Å². The molecule has 1 fully saturated rings. The van der Waals surface area contributed by atoms with Crippen LogP contribution >= 0.6 is 0 Å². The number of hydrogen-bond acceptors (Lipinski definition) is 3. The molecule has 2 N–H and O–H groups in total. The smallest absolute Gasteiger partial charge is 0.317 e. The van der Waals surface area contributed by atoms with Gasteiger partial charge in [0.05, 0.1) is 0 Å². The van der Waals surface area contributed by atoms with Crippen LogP contribution in [0.25, 0.3) is 0 Å². The summed E-state index contributed by atoms with van der Waals surface area (Å²) < 4.78 is 6.03. The first-order chi connectivity index (χ1) is 11.3. The SMILES string of the molecule is Cc1ccc(CNC(=O)N2CCC[C@@H](CO)C2)c(OC(C)(C)C)c1. The molecule has 0 aromatic heterocycles. The summed E-state index contributed by atoms with van der Waals surface area (Å²) in [5, 5.41) is 12.3. The number of nitrogens with one attached hydrogen (secondary N) is 1. The van der Waals surface area contributed by atoms with Crippen molar-refractivity contribution >= 4 is 6.03 Å². The number of ether oxygens (including phenoxy) is 1. The molecule has 2 amide bonds. The van der Waals surface area contributed by atoms with Gasteiger partial charge in [-0.25, -0.2) is 4.79 Å². The molecule has 1 atom stereocenters. The number of nitrogens with zero attached hydrogens (tertiary/aromatic N) is 1. The van der Waals surface area contributed by atoms with E-state index in [1.54, 1.807) is 4.90 Å². The van der Waals surface area contributed by atoms with Crippen LogP contribution < -0.4 is 10.1 Å². The molecule has 1 saturated heterocycles. The van der Waals surface area contributed by atoms with Gasteiger partial charge in [-0.1, -0.05) is 12.1 Å². The Kier molecular flexibility index (Phi) is 6.10. The Morgan fingerprint density at radius 1 is 1.42 bits per heavy atom. The Hall–Kier alpha value is -1.75. The van der Waals surface area contributed by atoms with Crippen molar-refractivity contribution in [3.05, 3.63) is 29.3 Å². The van der Waals surface area contributed by atoms with Crippen LogP contribution in [0, 0.1) is 12.8 Å². The first-order valence-corrected chi connectivity index (χ1v) is 8.70. The molecular formula is C19H30N2O3. The fourth-order valence-electron chi connectivity index (χ4n) is 2.91. The van der Waals surface area contributed by atoms with Crippen molar-refractivity contribution < 1.29 is 14.6 Å². The number of piperidine rings is 1. The monoisotopic (exact) mass is 334 g/mol. The molecule has 0 bridgehead atoms. The Bertz CT molecular complexity index is 566. The van der Waals surface area contributed by atoms with E-state index in [9.17, 15) is 9.90 Å². The summed E-state index contributed by atoms with van der Waals surface area (Å²) in [7, 11) is 0. The van der Waals surface area contributed by atoms with Crippen LogP contribution in [0.1, 0.15) is 44.7 Å². The molecule has 1 aliphatic heterocycles. The second-order valence-electron chi connectivity index (χ2n) is 7.62. The fraction of sp³-hybridized carbons (Fsp3) is 0.632. The van der Waals surface area contributed by atoms with Gasteiger partial charge in [-0.2, -0.15) is 0 Å². The first-order valence-electron chi connectivity index (χ1n) is 8.70. The number of benzene rings is 1. The summed E-state index contributed by atoms with van der Waals surface area (Å²) in [4.78, 5) is 14.2. The average Bonchev–Trinajstić information content (AvgIpc) is 2.52. The highest BCUT2D eigenvalue weighted by Gasteiger charge is 2.23. The average molecular weight is 334 g/mol. The number of aryl methyl sites for hydroxylation is 1. The first kappa shape index (κ1) is 18.6. The van der Waals surface area contributed by atoms with Crippen molar-refractivity contribution in [2.45, 2.75) is 52.7 Å². The number of carbonyl (C=O) groups is 1. The molecule has 0 saturated carbocycles. The maximum absolute atomic E-state index is 12.4. The second-order valence-corrected chi connectivity index (χ2v) is 7.62. The summed E-state index contributed by atoms with van der Waals surface area (Å²) in [6, 6.07) is 5.97. The Morgan fingerprint density at radius 2 is 2.17 bits per heavy atom. The van der Waals surface area contributed by atoms with Crippen molar-refractivity contribution in [1.29, 1.82) is 0 Å². The largest absolute Gasteiger partial charge is 0.488 e. The highest BCUT2D eigenvalue weighted by Crippen LogP contribution is 2.25. The van der Waals surface area contributed by atoms with Crippen LogP contribution in [-0.2, 0) is 6.54 Å². The standard InChI is InChI=1S/C19H30N2O3/c1-14-7-8-16(17(10-14)24-19(2,3)4)11-20-18(23)21-9-5-6-15(12-21)13-22/h7-8,10,15,22H,5-6,9,11-13H2,1-4H3,(H,20,23)/t15-/m1/s1. The maximum Gasteiger partial charge on any atom is 0.317 e. The second kappa shape index (κ2) is 7.88. The van der Waals surface area contributed by atoms with E-state index < -0.39 is 0 Å². The van der Waals surface area contributed by atoms with E-state index in [4.69, 9.17) is 4.74 Å². The summed E-state index contributed by atoms with van der Waals surface area (Å²) in [6.07, 6.45) is 1.93. The number of rotatable bonds is 4. The van der Waals surface area contributed by atoms with Crippen molar-refractivity contribution in [2.24, 2.45) is 5.92 Å². The van der Waals surface area contributed by atoms with E-state index in [0.717, 1.165) is 36.3 Å². The zero-order chi connectivity index (χ0) is 17.7. The van der Waals surface area contributed by atoms with Crippen molar-refractivity contribution in [3.63, 3.8) is 0 Å². The van der Waals surface area contributed by atoms with E-state index in [0.29, 0.717) is 13.1 Å². The number of aliphatic hydroxyl groups excluding tert-OH is 1. The summed E-state index contributed by atoms with van der Waals surface area (Å²) in [5.41, 5.74) is 1.82. The third-order valence-electron chi connectivity index (χ3n) is 4.13. The lowest BCUT2D eigenvalue weighted by Crippen LogP contribution is -2.46. The van der Waals surface area contributed by atoms with Crippen LogP contribution in [0.3, 0.4) is 0 Å². The van der Waals surface area contributed by atoms with E-state index >= 15 is 0 Å². The van der Waals surface area contributed by atoms with E-state index in [1.807, 2.05) is 45.9 Å². The van der Waals surface area contributed by atoms with E-state index in [2.05, 4.69) is 5.32 Å². The molecule has 1 aromatic carbocycles. The van der Waals surface area contributed by atoms with Gasteiger partial charge in [0.15, 0.2) is 0 Å². The molecule has 1 aliphatic rings. The third kappa shape index (κ3) is 5.41. The predicted molar refractivity (Wildman–Crippen MR) is 95.2 cm³/mol. The van der Waals surface area contributed by atoms with Crippen LogP contribution in [0.2, 0.25) is 0 Å². The lowest BCUT2D eigenvalue weighted by atomic mass is 9.99. The summed E-state index contributed by atoms with van der Waals surface area (Å²) in [6.45, 7) is 10.0. The van der Waals surface area contributed by atoms with Gasteiger partial charge < -0.3 is 20.1 Å². The molecule has 0 spiro atoms. The van der Waals surface area contributed by atoms with Gasteiger partial charge in [0.2, 0.25) is 0 Å². The highest BCUT2D eigenvalue weighted by atomic mass is 16.5. The van der Waals surface area contributed by atoms with Gasteiger partial charge in [0, 0.05) is 31.8 Å². The molecule has 1 aromatic rings. The molecular weight excluding hydrogens is 304 g/mol. The molecule has 0 aliphatic carbocycles. The Balaban J connectivity index is 1.99. The third-order valence-corrected chi connectivity index (χ3v) is 4.13. The molecule has 2 rings (SSSR count). The fourth-order valence-corrected chi connectivity index (χ4v) is 2.91. The number of amides is 2. The topological polar surface area (TPSA) is 61.8 Å². The molecule has 0 radical (unpaired) electrons. The predicted octanol–water partition coefficient (Wildman–Crippen LogP) is 3.09. The van der Waals surface area contributed by atoms with Crippen LogP contribution in [0.5, 0.6) is 5.75 Å². The number of carbonyl (C=O) groups excluding carboxylic acids is 1. The Labute approximate surface area is 145 Å². The zero-order valence-electron chi connectivity index (χ0n) is 15.3. The van der Waals surface area contributed by atoms with Crippen molar-refractivity contribution in [2.75, 3.05) is 19.7 Å². The van der Waals surface area contributed by atoms with Gasteiger partial charge in [-0.05, 0) is 58.1 Å². The summed E-state index contributed by atoms with van der Waals surface area (Å²) >= 11 is 0. The van der Waals surface area contributed by atoms with Gasteiger partial charge in [-0.15, -0.1) is 0 Å². The van der Waals surface area contributed by atoms with Crippen LogP contribution in [0.4, 0.5) is 4.79 Å². The minimum absolute atomic E-state index is 0.0737. The normalized spacial score (nSPS) is 18.4. The lowest BCUT2D eigenvalue weighted by molar-refractivity contribution is 0.127. The number of aliphatic hydroxyl groups is 1. The molecule has 134 valence electrons. The van der Waals surface area contributed by atoms with E-state index in [1.165, 1.54) is 0 Å². The number of urea groups is 1. The summed E-state index contributed by atoms with van der Waals surface area (Å²) in [5.74, 6) is 1.01. The maximum atomic E-state index is 12.4. The highest BCUT2D eigenvalue weighted by molar-refractivity contribution is 5.74. The van der Waals surface area contributed by atoms with Gasteiger partial charge in [0.25, 0.3) is 0 Å². The van der Waals surface area contributed by atoms with E-state index in [-0.39, 0.29) is 24.2 Å². The van der Waals surface area contributed by atoms with Gasteiger partial charge in [-0.3, -0.25) is 0 Å². The minimum atomic E-state index is -0.284. The molecule has 24 heavy (non-hydrogen) atoms. The molecule has 5 nitrogen and oxygen atoms in total. The molecule has 0 unspecified atom stereocenters. The zero-order valence-corrected chi connectivity index (χ0v) is 15.3. The van der Waals surface area contributed by atoms with Gasteiger partial charge >= 0.3 is 6.03 Å². The molecule has 5 heteroatoms. The van der Waals surface area contributed by atoms with Crippen molar-refractivity contribution in [3.8, 4) is 5.75 Å². The quantitative estimate of drug-likeness (QED) is 0.889. The Morgan fingerprint density at radius 3 is 2.83 bits per heavy atom. The molecule has 1 heterocycles. The lowest BCUT2D eigenvalue weighted by Gasteiger charge is -2.32. The van der Waals surface area contributed by atoms with Crippen LogP contribution in [0.15, 0.2) is 18.2 Å². The number of likely N-dealkylation sites (tertiary alicyclic amines) is 1.